The summed E-state index contributed by atoms with van der Waals surface area (Å²) in [6.45, 7) is 0.458. The molecule has 1 fully saturated rings. The van der Waals surface area contributed by atoms with Gasteiger partial charge in [-0.1, -0.05) is 12.1 Å². The highest BCUT2D eigenvalue weighted by Gasteiger charge is 2.24. The maximum atomic E-state index is 11.8. The van der Waals surface area contributed by atoms with E-state index in [4.69, 9.17) is 5.11 Å². The average molecular weight is 241 g/mol. The van der Waals surface area contributed by atoms with Crippen LogP contribution in [0, 0.1) is 5.92 Å². The molecule has 88 valence electrons. The highest BCUT2D eigenvalue weighted by molar-refractivity contribution is 7.89. The van der Waals surface area contributed by atoms with Crippen LogP contribution in [0.3, 0.4) is 0 Å². The Hall–Kier alpha value is -0.910. The summed E-state index contributed by atoms with van der Waals surface area (Å²) in [5, 5.41) is 8.85. The second kappa shape index (κ2) is 4.53. The van der Waals surface area contributed by atoms with E-state index >= 15 is 0 Å². The molecule has 0 atom stereocenters. The lowest BCUT2D eigenvalue weighted by Crippen LogP contribution is -2.25. The summed E-state index contributed by atoms with van der Waals surface area (Å²) in [5.41, 5.74) is 0.709. The summed E-state index contributed by atoms with van der Waals surface area (Å²) in [5.74, 6) is 0.520. The topological polar surface area (TPSA) is 66.4 Å². The fraction of sp³-hybridized carbons (Fsp3) is 0.455. The lowest BCUT2D eigenvalue weighted by molar-refractivity contribution is 0.282. The fourth-order valence-corrected chi connectivity index (χ4v) is 2.52. The Morgan fingerprint density at radius 1 is 1.25 bits per heavy atom. The van der Waals surface area contributed by atoms with Crippen LogP contribution in [0.2, 0.25) is 0 Å². The summed E-state index contributed by atoms with van der Waals surface area (Å²) in [7, 11) is -3.37. The van der Waals surface area contributed by atoms with Gasteiger partial charge in [0, 0.05) is 6.54 Å². The Balaban J connectivity index is 2.07. The molecule has 16 heavy (non-hydrogen) atoms. The summed E-state index contributed by atoms with van der Waals surface area (Å²) in [6.07, 6.45) is 2.23. The van der Waals surface area contributed by atoms with Gasteiger partial charge in [0.1, 0.15) is 0 Å². The van der Waals surface area contributed by atoms with Gasteiger partial charge in [-0.2, -0.15) is 0 Å². The Kier molecular flexibility index (Phi) is 3.28. The van der Waals surface area contributed by atoms with Crippen molar-refractivity contribution in [2.45, 2.75) is 24.3 Å². The van der Waals surface area contributed by atoms with Gasteiger partial charge in [-0.05, 0) is 36.5 Å². The molecule has 0 spiro atoms. The van der Waals surface area contributed by atoms with Gasteiger partial charge >= 0.3 is 0 Å². The van der Waals surface area contributed by atoms with Crippen LogP contribution in [-0.2, 0) is 16.6 Å². The van der Waals surface area contributed by atoms with Crippen LogP contribution in [-0.4, -0.2) is 20.1 Å². The second-order valence-corrected chi connectivity index (χ2v) is 5.86. The van der Waals surface area contributed by atoms with Gasteiger partial charge in [0.15, 0.2) is 0 Å². The van der Waals surface area contributed by atoms with Gasteiger partial charge in [0.25, 0.3) is 0 Å². The molecule has 1 aromatic carbocycles. The second-order valence-electron chi connectivity index (χ2n) is 4.10. The van der Waals surface area contributed by atoms with Crippen molar-refractivity contribution < 1.29 is 13.5 Å². The first-order valence-corrected chi connectivity index (χ1v) is 6.79. The number of rotatable bonds is 5. The largest absolute Gasteiger partial charge is 0.392 e. The quantitative estimate of drug-likeness (QED) is 0.803. The highest BCUT2D eigenvalue weighted by Crippen LogP contribution is 2.28. The minimum atomic E-state index is -3.37. The van der Waals surface area contributed by atoms with Crippen LogP contribution in [0.4, 0.5) is 0 Å². The van der Waals surface area contributed by atoms with Crippen molar-refractivity contribution in [2.24, 2.45) is 5.92 Å². The molecule has 0 unspecified atom stereocenters. The molecular weight excluding hydrogens is 226 g/mol. The summed E-state index contributed by atoms with van der Waals surface area (Å²) < 4.78 is 26.2. The molecule has 0 aliphatic heterocycles. The van der Waals surface area contributed by atoms with Crippen LogP contribution >= 0.6 is 0 Å². The van der Waals surface area contributed by atoms with Gasteiger partial charge in [0.2, 0.25) is 10.0 Å². The summed E-state index contributed by atoms with van der Waals surface area (Å²) >= 11 is 0. The zero-order chi connectivity index (χ0) is 11.6. The smallest absolute Gasteiger partial charge is 0.240 e. The van der Waals surface area contributed by atoms with E-state index in [1.54, 1.807) is 12.1 Å². The van der Waals surface area contributed by atoms with Crippen molar-refractivity contribution in [2.75, 3.05) is 6.54 Å². The average Bonchev–Trinajstić information content (AvgIpc) is 3.10. The standard InChI is InChI=1S/C11H15NO3S/c13-8-10-3-5-11(6-4-10)16(14,15)12-7-9-1-2-9/h3-6,9,12-13H,1-2,7-8H2. The predicted molar refractivity (Wildman–Crippen MR) is 60.3 cm³/mol. The van der Waals surface area contributed by atoms with Gasteiger partial charge in [-0.15, -0.1) is 0 Å². The molecule has 1 aliphatic rings. The molecule has 0 heterocycles. The SMILES string of the molecule is O=S(=O)(NCC1CC1)c1ccc(CO)cc1. The maximum absolute atomic E-state index is 11.8. The zero-order valence-electron chi connectivity index (χ0n) is 8.89. The van der Waals surface area contributed by atoms with E-state index in [2.05, 4.69) is 4.72 Å². The Morgan fingerprint density at radius 2 is 1.88 bits per heavy atom. The molecular formula is C11H15NO3S. The molecule has 0 saturated heterocycles. The van der Waals surface area contributed by atoms with Crippen molar-refractivity contribution in [1.82, 2.24) is 4.72 Å². The molecule has 0 bridgehead atoms. The molecule has 1 aliphatic carbocycles. The van der Waals surface area contributed by atoms with E-state index in [1.165, 1.54) is 12.1 Å². The number of aliphatic hydroxyl groups is 1. The van der Waals surface area contributed by atoms with Crippen LogP contribution in [0.1, 0.15) is 18.4 Å². The van der Waals surface area contributed by atoms with Gasteiger partial charge in [0.05, 0.1) is 11.5 Å². The molecule has 0 amide bonds. The molecule has 5 heteroatoms. The van der Waals surface area contributed by atoms with Gasteiger partial charge in [-0.3, -0.25) is 0 Å². The van der Waals surface area contributed by atoms with Crippen molar-refractivity contribution in [3.8, 4) is 0 Å². The highest BCUT2D eigenvalue weighted by atomic mass is 32.2. The van der Waals surface area contributed by atoms with Crippen molar-refractivity contribution in [3.05, 3.63) is 29.8 Å². The Morgan fingerprint density at radius 3 is 2.38 bits per heavy atom. The van der Waals surface area contributed by atoms with E-state index in [0.717, 1.165) is 12.8 Å². The number of sulfonamides is 1. The van der Waals surface area contributed by atoms with E-state index in [9.17, 15) is 8.42 Å². The minimum Gasteiger partial charge on any atom is -0.392 e. The van der Waals surface area contributed by atoms with Crippen molar-refractivity contribution in [1.29, 1.82) is 0 Å². The molecule has 1 saturated carbocycles. The van der Waals surface area contributed by atoms with E-state index in [-0.39, 0.29) is 11.5 Å². The normalized spacial score (nSPS) is 16.3. The van der Waals surface area contributed by atoms with Crippen molar-refractivity contribution in [3.63, 3.8) is 0 Å². The maximum Gasteiger partial charge on any atom is 0.240 e. The first-order chi connectivity index (χ1) is 7.62. The molecule has 2 rings (SSSR count). The first kappa shape index (κ1) is 11.6. The minimum absolute atomic E-state index is 0.0736. The monoisotopic (exact) mass is 241 g/mol. The van der Waals surface area contributed by atoms with E-state index < -0.39 is 10.0 Å². The summed E-state index contributed by atoms with van der Waals surface area (Å²) in [6, 6.07) is 6.26. The van der Waals surface area contributed by atoms with Crippen LogP contribution in [0.5, 0.6) is 0 Å². The van der Waals surface area contributed by atoms with E-state index in [1.807, 2.05) is 0 Å². The third-order valence-electron chi connectivity index (χ3n) is 2.68. The molecule has 0 aromatic heterocycles. The van der Waals surface area contributed by atoms with Crippen LogP contribution in [0.25, 0.3) is 0 Å². The van der Waals surface area contributed by atoms with E-state index in [0.29, 0.717) is 18.0 Å². The number of hydrogen-bond acceptors (Lipinski definition) is 3. The Bertz CT molecular complexity index is 449. The summed E-state index contributed by atoms with van der Waals surface area (Å²) in [4.78, 5) is 0.255. The predicted octanol–water partition coefficient (Wildman–Crippen LogP) is 0.867. The molecule has 0 radical (unpaired) electrons. The molecule has 2 N–H and O–H groups in total. The fourth-order valence-electron chi connectivity index (χ4n) is 1.41. The lowest BCUT2D eigenvalue weighted by Gasteiger charge is -2.06. The lowest BCUT2D eigenvalue weighted by atomic mass is 10.2. The number of nitrogens with one attached hydrogen (secondary N) is 1. The zero-order valence-corrected chi connectivity index (χ0v) is 9.70. The first-order valence-electron chi connectivity index (χ1n) is 5.31. The third-order valence-corrected chi connectivity index (χ3v) is 4.11. The number of aliphatic hydroxyl groups excluding tert-OH is 1. The Labute approximate surface area is 95.4 Å². The van der Waals surface area contributed by atoms with Crippen LogP contribution < -0.4 is 4.72 Å². The molecule has 1 aromatic rings. The van der Waals surface area contributed by atoms with Gasteiger partial charge < -0.3 is 5.11 Å². The third kappa shape index (κ3) is 2.81. The number of benzene rings is 1. The van der Waals surface area contributed by atoms with Gasteiger partial charge in [-0.25, -0.2) is 13.1 Å². The van der Waals surface area contributed by atoms with Crippen LogP contribution in [0.15, 0.2) is 29.2 Å². The molecule has 4 nitrogen and oxygen atoms in total. The van der Waals surface area contributed by atoms with Crippen molar-refractivity contribution >= 4 is 10.0 Å². The number of hydrogen-bond donors (Lipinski definition) is 2.